The van der Waals surface area contributed by atoms with Gasteiger partial charge in [-0.3, -0.25) is 9.59 Å². The van der Waals surface area contributed by atoms with E-state index in [9.17, 15) is 9.59 Å². The Morgan fingerprint density at radius 1 is 1.52 bits per heavy atom. The van der Waals surface area contributed by atoms with E-state index in [1.807, 2.05) is 24.0 Å². The first-order valence-corrected chi connectivity index (χ1v) is 7.06. The number of carbonyl (C=O) groups excluding carboxylic acids is 2. The number of pyridine rings is 1. The molecule has 0 atom stereocenters. The van der Waals surface area contributed by atoms with Crippen LogP contribution in [-0.2, 0) is 9.59 Å². The highest BCUT2D eigenvalue weighted by Gasteiger charge is 2.17. The maximum atomic E-state index is 11.9. The van der Waals surface area contributed by atoms with Crippen molar-refractivity contribution in [3.05, 3.63) is 30.0 Å². The van der Waals surface area contributed by atoms with E-state index in [0.29, 0.717) is 24.4 Å². The predicted molar refractivity (Wildman–Crippen MR) is 82.1 cm³/mol. The molecule has 0 radical (unpaired) electrons. The Labute approximate surface area is 124 Å². The number of nitrogens with zero attached hydrogens (tertiary/aromatic N) is 2. The van der Waals surface area contributed by atoms with Crippen molar-refractivity contribution in [2.75, 3.05) is 29.9 Å². The molecule has 2 rings (SSSR count). The van der Waals surface area contributed by atoms with E-state index in [-0.39, 0.29) is 11.8 Å². The number of nitrogens with one attached hydrogen (secondary N) is 2. The third kappa shape index (κ3) is 4.05. The van der Waals surface area contributed by atoms with Crippen molar-refractivity contribution in [2.24, 2.45) is 0 Å². The van der Waals surface area contributed by atoms with E-state index >= 15 is 0 Å². The van der Waals surface area contributed by atoms with Gasteiger partial charge in [-0.1, -0.05) is 13.0 Å². The van der Waals surface area contributed by atoms with Crippen LogP contribution in [0.4, 0.5) is 11.5 Å². The maximum Gasteiger partial charge on any atom is 0.251 e. The minimum absolute atomic E-state index is 0.000701. The fraction of sp³-hybridized carbons (Fsp3) is 0.400. The van der Waals surface area contributed by atoms with Crippen molar-refractivity contribution in [2.45, 2.75) is 20.3 Å². The summed E-state index contributed by atoms with van der Waals surface area (Å²) in [6, 6.07) is 3.61. The van der Waals surface area contributed by atoms with Gasteiger partial charge in [-0.2, -0.15) is 0 Å². The molecule has 2 amide bonds. The fourth-order valence-electron chi connectivity index (χ4n) is 2.11. The molecule has 0 spiro atoms. The molecule has 1 fully saturated rings. The monoisotopic (exact) mass is 288 g/mol. The minimum atomic E-state index is -0.122. The molecule has 112 valence electrons. The summed E-state index contributed by atoms with van der Waals surface area (Å²) in [5.74, 6) is 0.619. The molecule has 1 aliphatic rings. The first-order chi connectivity index (χ1) is 10.1. The third-order valence-corrected chi connectivity index (χ3v) is 3.24. The number of amides is 2. The van der Waals surface area contributed by atoms with E-state index in [2.05, 4.69) is 15.6 Å². The Balaban J connectivity index is 2.00. The number of hydrogen-bond donors (Lipinski definition) is 2. The quantitative estimate of drug-likeness (QED) is 0.819. The second kappa shape index (κ2) is 6.88. The third-order valence-electron chi connectivity index (χ3n) is 3.24. The van der Waals surface area contributed by atoms with E-state index in [1.165, 1.54) is 0 Å². The second-order valence-corrected chi connectivity index (χ2v) is 4.93. The van der Waals surface area contributed by atoms with Gasteiger partial charge in [-0.25, -0.2) is 4.98 Å². The molecule has 2 N–H and O–H groups in total. The summed E-state index contributed by atoms with van der Waals surface area (Å²) >= 11 is 0. The Morgan fingerprint density at radius 3 is 2.95 bits per heavy atom. The summed E-state index contributed by atoms with van der Waals surface area (Å²) in [5.41, 5.74) is 1.34. The Hall–Kier alpha value is -2.37. The number of piperazine rings is 1. The van der Waals surface area contributed by atoms with Gasteiger partial charge in [-0.05, 0) is 25.5 Å². The first kappa shape index (κ1) is 15.0. The average molecular weight is 288 g/mol. The number of rotatable bonds is 4. The topological polar surface area (TPSA) is 74.3 Å². The number of carbonyl (C=O) groups is 2. The molecular formula is C15H20N4O2. The lowest BCUT2D eigenvalue weighted by molar-refractivity contribution is -0.120. The van der Waals surface area contributed by atoms with Crippen LogP contribution in [0.3, 0.4) is 0 Å². The number of allylic oxidation sites excluding steroid dienone is 1. The molecule has 0 aliphatic carbocycles. The molecular weight excluding hydrogens is 268 g/mol. The zero-order valence-corrected chi connectivity index (χ0v) is 12.3. The van der Waals surface area contributed by atoms with Crippen molar-refractivity contribution in [1.29, 1.82) is 0 Å². The Bertz CT molecular complexity index is 551. The lowest BCUT2D eigenvalue weighted by Crippen LogP contribution is -2.48. The minimum Gasteiger partial charge on any atom is -0.353 e. The molecule has 6 nitrogen and oxygen atoms in total. The van der Waals surface area contributed by atoms with Crippen LogP contribution in [0.15, 0.2) is 30.0 Å². The molecule has 6 heteroatoms. The highest BCUT2D eigenvalue weighted by molar-refractivity contribution is 6.03. The van der Waals surface area contributed by atoms with Gasteiger partial charge in [0.15, 0.2) is 0 Å². The molecule has 1 aliphatic heterocycles. The van der Waals surface area contributed by atoms with Crippen molar-refractivity contribution < 1.29 is 9.59 Å². The molecule has 0 bridgehead atoms. The number of anilines is 2. The highest BCUT2D eigenvalue weighted by atomic mass is 16.2. The van der Waals surface area contributed by atoms with E-state index in [4.69, 9.17) is 0 Å². The van der Waals surface area contributed by atoms with Gasteiger partial charge in [-0.15, -0.1) is 0 Å². The summed E-state index contributed by atoms with van der Waals surface area (Å²) in [6.45, 7) is 5.45. The first-order valence-electron chi connectivity index (χ1n) is 7.06. The summed E-state index contributed by atoms with van der Waals surface area (Å²) in [4.78, 5) is 29.4. The highest BCUT2D eigenvalue weighted by Crippen LogP contribution is 2.15. The van der Waals surface area contributed by atoms with Gasteiger partial charge in [0.1, 0.15) is 5.82 Å². The fourth-order valence-corrected chi connectivity index (χ4v) is 2.11. The second-order valence-electron chi connectivity index (χ2n) is 4.93. The van der Waals surface area contributed by atoms with E-state index < -0.39 is 0 Å². The van der Waals surface area contributed by atoms with Crippen LogP contribution in [-0.4, -0.2) is 36.4 Å². The van der Waals surface area contributed by atoms with Crippen LogP contribution in [0.2, 0.25) is 0 Å². The average Bonchev–Trinajstić information content (AvgIpc) is 2.48. The maximum absolute atomic E-state index is 11.9. The molecule has 0 saturated carbocycles. The molecule has 1 aromatic heterocycles. The van der Waals surface area contributed by atoms with Crippen LogP contribution in [0, 0.1) is 0 Å². The lowest BCUT2D eigenvalue weighted by Gasteiger charge is -2.27. The van der Waals surface area contributed by atoms with Crippen molar-refractivity contribution in [3.63, 3.8) is 0 Å². The normalized spacial score (nSPS) is 15.6. The number of hydrogen-bond acceptors (Lipinski definition) is 4. The van der Waals surface area contributed by atoms with Crippen LogP contribution < -0.4 is 15.5 Å². The Kier molecular flexibility index (Phi) is 4.92. The van der Waals surface area contributed by atoms with E-state index in [0.717, 1.165) is 18.8 Å². The predicted octanol–water partition coefficient (Wildman–Crippen LogP) is 1.31. The molecule has 1 saturated heterocycles. The summed E-state index contributed by atoms with van der Waals surface area (Å²) in [5, 5.41) is 5.57. The molecule has 21 heavy (non-hydrogen) atoms. The zero-order chi connectivity index (χ0) is 15.2. The summed E-state index contributed by atoms with van der Waals surface area (Å²) in [6.07, 6.45) is 4.32. The lowest BCUT2D eigenvalue weighted by atomic mass is 10.2. The molecule has 0 aromatic carbocycles. The van der Waals surface area contributed by atoms with Gasteiger partial charge in [0.05, 0.1) is 18.4 Å². The smallest absolute Gasteiger partial charge is 0.251 e. The standard InChI is InChI=1S/C15H20N4O2/c1-3-4-11(2)15(21)18-12-5-6-13(17-9-12)19-8-7-16-14(20)10-19/h4-6,9H,3,7-8,10H2,1-2H3,(H,16,20)(H,18,21). The van der Waals surface area contributed by atoms with Crippen molar-refractivity contribution in [1.82, 2.24) is 10.3 Å². The zero-order valence-electron chi connectivity index (χ0n) is 12.3. The molecule has 1 aromatic rings. The van der Waals surface area contributed by atoms with Crippen LogP contribution in [0.25, 0.3) is 0 Å². The molecule has 0 unspecified atom stereocenters. The van der Waals surface area contributed by atoms with Gasteiger partial charge in [0.25, 0.3) is 5.91 Å². The SMILES string of the molecule is CCC=C(C)C(=O)Nc1ccc(N2CCNC(=O)C2)nc1. The van der Waals surface area contributed by atoms with E-state index in [1.54, 1.807) is 19.2 Å². The largest absolute Gasteiger partial charge is 0.353 e. The summed E-state index contributed by atoms with van der Waals surface area (Å²) in [7, 11) is 0. The van der Waals surface area contributed by atoms with Crippen molar-refractivity contribution >= 4 is 23.3 Å². The van der Waals surface area contributed by atoms with Gasteiger partial charge in [0, 0.05) is 18.7 Å². The Morgan fingerprint density at radius 2 is 2.33 bits per heavy atom. The van der Waals surface area contributed by atoms with Gasteiger partial charge < -0.3 is 15.5 Å². The molecule has 2 heterocycles. The van der Waals surface area contributed by atoms with Crippen LogP contribution >= 0.6 is 0 Å². The van der Waals surface area contributed by atoms with Crippen LogP contribution in [0.5, 0.6) is 0 Å². The van der Waals surface area contributed by atoms with Crippen molar-refractivity contribution in [3.8, 4) is 0 Å². The van der Waals surface area contributed by atoms with Crippen LogP contribution in [0.1, 0.15) is 20.3 Å². The van der Waals surface area contributed by atoms with Gasteiger partial charge in [0.2, 0.25) is 5.91 Å². The van der Waals surface area contributed by atoms with Gasteiger partial charge >= 0.3 is 0 Å². The number of aromatic nitrogens is 1. The summed E-state index contributed by atoms with van der Waals surface area (Å²) < 4.78 is 0.